The van der Waals surface area contributed by atoms with Crippen LogP contribution in [0.1, 0.15) is 36.7 Å². The number of amides is 3. The van der Waals surface area contributed by atoms with Gasteiger partial charge in [0, 0.05) is 75.6 Å². The van der Waals surface area contributed by atoms with Crippen LogP contribution in [0.4, 0.5) is 4.39 Å². The summed E-state index contributed by atoms with van der Waals surface area (Å²) in [5.74, 6) is -1.72. The van der Waals surface area contributed by atoms with Crippen molar-refractivity contribution in [2.24, 2.45) is 5.73 Å². The van der Waals surface area contributed by atoms with Crippen molar-refractivity contribution < 1.29 is 18.8 Å². The molecule has 0 spiro atoms. The number of carbonyl (C=O) groups excluding carboxylic acids is 3. The van der Waals surface area contributed by atoms with Gasteiger partial charge in [-0.05, 0) is 24.6 Å². The number of nitrogens with zero attached hydrogens (tertiary/aromatic N) is 3. The van der Waals surface area contributed by atoms with Crippen molar-refractivity contribution in [1.82, 2.24) is 20.0 Å². The zero-order valence-electron chi connectivity index (χ0n) is 23.3. The van der Waals surface area contributed by atoms with E-state index in [-0.39, 0.29) is 29.2 Å². The Morgan fingerprint density at radius 2 is 1.67 bits per heavy atom. The second kappa shape index (κ2) is 15.7. The molecule has 0 aliphatic carbocycles. The van der Waals surface area contributed by atoms with Gasteiger partial charge in [0.2, 0.25) is 11.8 Å². The first kappa shape index (κ1) is 31.6. The molecule has 4 N–H and O–H groups in total. The summed E-state index contributed by atoms with van der Waals surface area (Å²) in [5.41, 5.74) is 6.51. The quantitative estimate of drug-likeness (QED) is 0.252. The summed E-state index contributed by atoms with van der Waals surface area (Å²) in [6.07, 6.45) is 4.59. The zero-order chi connectivity index (χ0) is 28.9. The van der Waals surface area contributed by atoms with Crippen LogP contribution < -0.4 is 11.1 Å². The van der Waals surface area contributed by atoms with Crippen LogP contribution in [0, 0.1) is 11.2 Å². The smallest absolute Gasteiger partial charge is 0.256 e. The van der Waals surface area contributed by atoms with Crippen molar-refractivity contribution in [3.05, 3.63) is 71.1 Å². The summed E-state index contributed by atoms with van der Waals surface area (Å²) in [4.78, 5) is 43.0. The number of nitrogens with two attached hydrogens (primary N) is 1. The summed E-state index contributed by atoms with van der Waals surface area (Å²) >= 11 is 0. The Bertz CT molecular complexity index is 1120. The molecule has 212 valence electrons. The van der Waals surface area contributed by atoms with Gasteiger partial charge < -0.3 is 26.3 Å². The molecule has 1 aromatic carbocycles. The minimum atomic E-state index is -0.666. The SMILES string of the molecule is C=C/C=C(C(=N)Cc1ccc(F)c(C(=O)N2CCN(C(=O)CN3CCNCC3)CC2)c1)\C(=C/C)C(N)=O.CC. The predicted octanol–water partition coefficient (Wildman–Crippen LogP) is 2.15. The highest BCUT2D eigenvalue weighted by atomic mass is 19.1. The maximum atomic E-state index is 14.7. The van der Waals surface area contributed by atoms with Gasteiger partial charge in [-0.1, -0.05) is 44.7 Å². The zero-order valence-corrected chi connectivity index (χ0v) is 23.3. The molecule has 0 bridgehead atoms. The van der Waals surface area contributed by atoms with Crippen molar-refractivity contribution >= 4 is 23.4 Å². The van der Waals surface area contributed by atoms with Gasteiger partial charge in [-0.3, -0.25) is 19.3 Å². The Labute approximate surface area is 230 Å². The van der Waals surface area contributed by atoms with Crippen LogP contribution in [0.15, 0.2) is 54.2 Å². The molecule has 2 fully saturated rings. The van der Waals surface area contributed by atoms with Crippen molar-refractivity contribution in [3.63, 3.8) is 0 Å². The highest BCUT2D eigenvalue weighted by Crippen LogP contribution is 2.19. The molecule has 2 saturated heterocycles. The van der Waals surface area contributed by atoms with Gasteiger partial charge in [-0.2, -0.15) is 0 Å². The normalized spacial score (nSPS) is 16.7. The molecule has 0 unspecified atom stereocenters. The third-order valence-corrected chi connectivity index (χ3v) is 6.58. The summed E-state index contributed by atoms with van der Waals surface area (Å²) in [6.45, 7) is 14.5. The number of carbonyl (C=O) groups is 3. The highest BCUT2D eigenvalue weighted by Gasteiger charge is 2.27. The average Bonchev–Trinajstić information content (AvgIpc) is 2.95. The molecule has 3 amide bonds. The standard InChI is InChI=1S/C27H35FN6O3.C2H6/c1-3-5-21(20(4-2)26(30)36)24(29)17-19-6-7-23(28)22(16-19)27(37)34-14-12-33(13-15-34)25(35)18-32-10-8-31-9-11-32;1-2/h3-7,16,29,31H,1,8-15,17-18H2,2H3,(H2,30,36);1-2H3/b20-4+,21-5+,29-24?;. The Morgan fingerprint density at radius 3 is 2.23 bits per heavy atom. The Kier molecular flexibility index (Phi) is 12.7. The van der Waals surface area contributed by atoms with Crippen LogP contribution in [-0.2, 0) is 16.0 Å². The summed E-state index contributed by atoms with van der Waals surface area (Å²) in [6, 6.07) is 4.17. The molecule has 3 rings (SSSR count). The summed E-state index contributed by atoms with van der Waals surface area (Å²) in [7, 11) is 0. The first-order chi connectivity index (χ1) is 18.7. The largest absolute Gasteiger partial charge is 0.366 e. The van der Waals surface area contributed by atoms with Crippen molar-refractivity contribution in [3.8, 4) is 0 Å². The number of allylic oxidation sites excluding steroid dienone is 3. The fourth-order valence-corrected chi connectivity index (χ4v) is 4.54. The minimum absolute atomic E-state index is 0.0422. The lowest BCUT2D eigenvalue weighted by Gasteiger charge is -2.36. The fourth-order valence-electron chi connectivity index (χ4n) is 4.54. The van der Waals surface area contributed by atoms with E-state index in [1.807, 2.05) is 13.8 Å². The van der Waals surface area contributed by atoms with E-state index in [4.69, 9.17) is 11.1 Å². The van der Waals surface area contributed by atoms with Crippen molar-refractivity contribution in [2.75, 3.05) is 58.9 Å². The number of rotatable bonds is 9. The monoisotopic (exact) mass is 540 g/mol. The third kappa shape index (κ3) is 8.69. The third-order valence-electron chi connectivity index (χ3n) is 6.58. The van der Waals surface area contributed by atoms with E-state index >= 15 is 0 Å². The first-order valence-electron chi connectivity index (χ1n) is 13.4. The van der Waals surface area contributed by atoms with Crippen LogP contribution in [-0.4, -0.2) is 97.0 Å². The second-order valence-electron chi connectivity index (χ2n) is 9.05. The van der Waals surface area contributed by atoms with E-state index in [1.165, 1.54) is 36.4 Å². The molecular formula is C29H41FN6O3. The van der Waals surface area contributed by atoms with E-state index < -0.39 is 17.6 Å². The summed E-state index contributed by atoms with van der Waals surface area (Å²) in [5, 5.41) is 11.8. The lowest BCUT2D eigenvalue weighted by Crippen LogP contribution is -2.54. The Balaban J connectivity index is 0.00000260. The highest BCUT2D eigenvalue weighted by molar-refractivity contribution is 6.13. The van der Waals surface area contributed by atoms with Gasteiger partial charge in [0.15, 0.2) is 0 Å². The number of hydrogen-bond donors (Lipinski definition) is 3. The molecule has 0 aromatic heterocycles. The molecule has 2 aliphatic rings. The minimum Gasteiger partial charge on any atom is -0.366 e. The van der Waals surface area contributed by atoms with Gasteiger partial charge in [0.25, 0.3) is 5.91 Å². The summed E-state index contributed by atoms with van der Waals surface area (Å²) < 4.78 is 14.7. The number of benzene rings is 1. The van der Waals surface area contributed by atoms with Gasteiger partial charge in [-0.25, -0.2) is 4.39 Å². The first-order valence-corrected chi connectivity index (χ1v) is 13.4. The second-order valence-corrected chi connectivity index (χ2v) is 9.05. The molecule has 2 aliphatic heterocycles. The molecule has 0 saturated carbocycles. The molecule has 0 radical (unpaired) electrons. The average molecular weight is 541 g/mol. The fraction of sp³-hybridized carbons (Fsp3) is 0.448. The Hall–Kier alpha value is -3.63. The molecular weight excluding hydrogens is 499 g/mol. The molecule has 1 aromatic rings. The molecule has 39 heavy (non-hydrogen) atoms. The van der Waals surface area contributed by atoms with E-state index in [0.29, 0.717) is 43.9 Å². The molecule has 2 heterocycles. The van der Waals surface area contributed by atoms with E-state index in [2.05, 4.69) is 16.8 Å². The molecule has 10 heteroatoms. The molecule has 0 atom stereocenters. The number of nitrogens with one attached hydrogen (secondary N) is 2. The molecule has 9 nitrogen and oxygen atoms in total. The van der Waals surface area contributed by atoms with Crippen molar-refractivity contribution in [1.29, 1.82) is 5.41 Å². The van der Waals surface area contributed by atoms with Crippen LogP contribution in [0.25, 0.3) is 0 Å². The maximum Gasteiger partial charge on any atom is 0.256 e. The lowest BCUT2D eigenvalue weighted by atomic mass is 9.94. The lowest BCUT2D eigenvalue weighted by molar-refractivity contribution is -0.134. The predicted molar refractivity (Wildman–Crippen MR) is 152 cm³/mol. The number of hydrogen-bond acceptors (Lipinski definition) is 6. The van der Waals surface area contributed by atoms with Crippen LogP contribution in [0.2, 0.25) is 0 Å². The van der Waals surface area contributed by atoms with Gasteiger partial charge in [0.05, 0.1) is 12.1 Å². The number of piperazine rings is 2. The maximum absolute atomic E-state index is 14.7. The van der Waals surface area contributed by atoms with E-state index in [1.54, 1.807) is 16.7 Å². The van der Waals surface area contributed by atoms with Crippen LogP contribution in [0.3, 0.4) is 0 Å². The topological polar surface area (TPSA) is 123 Å². The van der Waals surface area contributed by atoms with Gasteiger partial charge >= 0.3 is 0 Å². The van der Waals surface area contributed by atoms with E-state index in [9.17, 15) is 18.8 Å². The van der Waals surface area contributed by atoms with Crippen molar-refractivity contribution in [2.45, 2.75) is 27.2 Å². The van der Waals surface area contributed by atoms with Crippen LogP contribution in [0.5, 0.6) is 0 Å². The number of primary amides is 1. The van der Waals surface area contributed by atoms with Crippen LogP contribution >= 0.6 is 0 Å². The van der Waals surface area contributed by atoms with Gasteiger partial charge in [-0.15, -0.1) is 0 Å². The Morgan fingerprint density at radius 1 is 1.05 bits per heavy atom. The number of halogens is 1. The van der Waals surface area contributed by atoms with Gasteiger partial charge in [0.1, 0.15) is 5.82 Å². The van der Waals surface area contributed by atoms with E-state index in [0.717, 1.165) is 26.2 Å².